The maximum atomic E-state index is 12.3. The summed E-state index contributed by atoms with van der Waals surface area (Å²) >= 11 is 0. The van der Waals surface area contributed by atoms with Gasteiger partial charge in [-0.3, -0.25) is 0 Å². The maximum absolute atomic E-state index is 12.3. The molecule has 3 rings (SSSR count). The Hall–Kier alpha value is -1.81. The lowest BCUT2D eigenvalue weighted by atomic mass is 10.0. The molecule has 0 spiro atoms. The average molecular weight is 316 g/mol. The molecule has 1 atom stereocenters. The van der Waals surface area contributed by atoms with Crippen molar-refractivity contribution >= 4 is 11.0 Å². The molecule has 2 aromatic rings. The number of aromatic hydroxyl groups is 1. The Morgan fingerprint density at radius 1 is 1.22 bits per heavy atom. The highest BCUT2D eigenvalue weighted by atomic mass is 16.4. The number of phenolic OH excluding ortho intramolecular Hbond substituents is 1. The van der Waals surface area contributed by atoms with Crippen LogP contribution < -0.4 is 10.5 Å². The first-order chi connectivity index (χ1) is 11.2. The van der Waals surface area contributed by atoms with Crippen molar-refractivity contribution in [3.63, 3.8) is 0 Å². The van der Waals surface area contributed by atoms with E-state index in [0.29, 0.717) is 12.1 Å². The predicted molar refractivity (Wildman–Crippen MR) is 91.2 cm³/mol. The molecular formula is C19H26NO3+. The summed E-state index contributed by atoms with van der Waals surface area (Å²) in [5, 5.41) is 11.4. The third kappa shape index (κ3) is 3.00. The summed E-state index contributed by atoms with van der Waals surface area (Å²) in [6.45, 7) is 7.09. The van der Waals surface area contributed by atoms with Gasteiger partial charge in [-0.25, -0.2) is 4.79 Å². The second-order valence-electron chi connectivity index (χ2n) is 6.52. The largest absolute Gasteiger partial charge is 0.507 e. The van der Waals surface area contributed by atoms with Gasteiger partial charge in [0, 0.05) is 10.9 Å². The number of aryl methyl sites for hydroxylation is 1. The van der Waals surface area contributed by atoms with Gasteiger partial charge in [0.05, 0.1) is 18.7 Å². The van der Waals surface area contributed by atoms with Gasteiger partial charge in [0.2, 0.25) is 0 Å². The fourth-order valence-electron chi connectivity index (χ4n) is 3.63. The van der Waals surface area contributed by atoms with Crippen LogP contribution in [0.1, 0.15) is 49.8 Å². The van der Waals surface area contributed by atoms with Crippen LogP contribution in [0.5, 0.6) is 5.75 Å². The van der Waals surface area contributed by atoms with E-state index in [1.54, 1.807) is 6.07 Å². The lowest BCUT2D eigenvalue weighted by molar-refractivity contribution is -0.912. The van der Waals surface area contributed by atoms with Crippen LogP contribution in [0.3, 0.4) is 0 Å². The zero-order chi connectivity index (χ0) is 16.4. The smallest absolute Gasteiger partial charge is 0.339 e. The second-order valence-corrected chi connectivity index (χ2v) is 6.52. The van der Waals surface area contributed by atoms with Gasteiger partial charge in [0.25, 0.3) is 0 Å². The van der Waals surface area contributed by atoms with E-state index in [0.717, 1.165) is 67.3 Å². The summed E-state index contributed by atoms with van der Waals surface area (Å²) in [5.41, 5.74) is 3.12. The molecule has 0 bridgehead atoms. The van der Waals surface area contributed by atoms with E-state index in [4.69, 9.17) is 4.42 Å². The first kappa shape index (κ1) is 16.1. The number of phenols is 1. The Bertz CT molecular complexity index is 763. The Balaban J connectivity index is 2.07. The predicted octanol–water partition coefficient (Wildman–Crippen LogP) is 2.19. The van der Waals surface area contributed by atoms with Crippen molar-refractivity contribution in [3.05, 3.63) is 39.2 Å². The van der Waals surface area contributed by atoms with Crippen molar-refractivity contribution in [1.82, 2.24) is 0 Å². The fraction of sp³-hybridized carbons (Fsp3) is 0.526. The molecular weight excluding hydrogens is 290 g/mol. The van der Waals surface area contributed by atoms with Crippen LogP contribution in [0.4, 0.5) is 0 Å². The van der Waals surface area contributed by atoms with Gasteiger partial charge in [0.15, 0.2) is 5.58 Å². The van der Waals surface area contributed by atoms with Crippen molar-refractivity contribution in [3.8, 4) is 5.75 Å². The van der Waals surface area contributed by atoms with Crippen molar-refractivity contribution in [2.75, 3.05) is 13.1 Å². The van der Waals surface area contributed by atoms with E-state index in [-0.39, 0.29) is 11.4 Å². The van der Waals surface area contributed by atoms with Gasteiger partial charge in [0.1, 0.15) is 12.3 Å². The highest BCUT2D eigenvalue weighted by molar-refractivity contribution is 5.86. The highest BCUT2D eigenvalue weighted by Crippen LogP contribution is 2.32. The quantitative estimate of drug-likeness (QED) is 0.803. The van der Waals surface area contributed by atoms with Gasteiger partial charge < -0.3 is 14.4 Å². The number of benzene rings is 1. The molecule has 1 aromatic heterocycles. The van der Waals surface area contributed by atoms with Crippen molar-refractivity contribution in [2.45, 2.75) is 52.5 Å². The van der Waals surface area contributed by atoms with Crippen molar-refractivity contribution < 1.29 is 14.4 Å². The van der Waals surface area contributed by atoms with Crippen LogP contribution in [-0.2, 0) is 19.4 Å². The van der Waals surface area contributed by atoms with E-state index in [9.17, 15) is 9.90 Å². The van der Waals surface area contributed by atoms with E-state index in [2.05, 4.69) is 13.8 Å². The molecule has 1 aliphatic carbocycles. The Morgan fingerprint density at radius 3 is 2.74 bits per heavy atom. The number of unbranched alkanes of at least 4 members (excludes halogenated alkanes) is 1. The minimum Gasteiger partial charge on any atom is -0.507 e. The SMILES string of the molecule is CCCC[NH+](CC)Cc1c(O)ccc2c3c(c(=O)oc12)CCC3. The molecule has 4 nitrogen and oxygen atoms in total. The summed E-state index contributed by atoms with van der Waals surface area (Å²) in [7, 11) is 0. The molecule has 0 radical (unpaired) electrons. The number of fused-ring (bicyclic) bond motifs is 3. The molecule has 0 fully saturated rings. The standard InChI is InChI=1S/C19H25NO3/c1-3-5-11-20(4-2)12-16-17(21)10-9-14-13-7-6-8-15(13)19(22)23-18(14)16/h9-10,21H,3-8,11-12H2,1-2H3/p+1. The fourth-order valence-corrected chi connectivity index (χ4v) is 3.63. The van der Waals surface area contributed by atoms with Crippen molar-refractivity contribution in [2.24, 2.45) is 0 Å². The third-order valence-corrected chi connectivity index (χ3v) is 5.03. The number of quaternary nitrogens is 1. The number of rotatable bonds is 6. The van der Waals surface area contributed by atoms with E-state index < -0.39 is 0 Å². The lowest BCUT2D eigenvalue weighted by Crippen LogP contribution is -3.10. The molecule has 4 heteroatoms. The first-order valence-electron chi connectivity index (χ1n) is 8.78. The number of nitrogens with one attached hydrogen (secondary N) is 1. The Morgan fingerprint density at radius 2 is 2.00 bits per heavy atom. The summed E-state index contributed by atoms with van der Waals surface area (Å²) in [6, 6.07) is 3.66. The molecule has 1 unspecified atom stereocenters. The molecule has 0 amide bonds. The molecule has 0 saturated heterocycles. The zero-order valence-electron chi connectivity index (χ0n) is 14.1. The van der Waals surface area contributed by atoms with E-state index in [1.165, 1.54) is 4.90 Å². The van der Waals surface area contributed by atoms with Crippen LogP contribution in [-0.4, -0.2) is 18.2 Å². The topological polar surface area (TPSA) is 54.9 Å². The lowest BCUT2D eigenvalue weighted by Gasteiger charge is -2.19. The minimum absolute atomic E-state index is 0.219. The normalized spacial score (nSPS) is 15.0. The third-order valence-electron chi connectivity index (χ3n) is 5.03. The summed E-state index contributed by atoms with van der Waals surface area (Å²) in [4.78, 5) is 13.7. The van der Waals surface area contributed by atoms with E-state index >= 15 is 0 Å². The van der Waals surface area contributed by atoms with Gasteiger partial charge >= 0.3 is 5.63 Å². The molecule has 23 heavy (non-hydrogen) atoms. The van der Waals surface area contributed by atoms with Crippen molar-refractivity contribution in [1.29, 1.82) is 0 Å². The zero-order valence-corrected chi connectivity index (χ0v) is 14.1. The summed E-state index contributed by atoms with van der Waals surface area (Å²) in [6.07, 6.45) is 5.08. The maximum Gasteiger partial charge on any atom is 0.339 e. The highest BCUT2D eigenvalue weighted by Gasteiger charge is 2.23. The molecule has 1 aliphatic rings. The average Bonchev–Trinajstić information content (AvgIpc) is 3.04. The number of hydrogen-bond donors (Lipinski definition) is 2. The van der Waals surface area contributed by atoms with Crippen LogP contribution >= 0.6 is 0 Å². The van der Waals surface area contributed by atoms with Gasteiger partial charge in [-0.15, -0.1) is 0 Å². The molecule has 124 valence electrons. The summed E-state index contributed by atoms with van der Waals surface area (Å²) < 4.78 is 5.64. The minimum atomic E-state index is -0.219. The Labute approximate surface area is 136 Å². The molecule has 0 aliphatic heterocycles. The second kappa shape index (κ2) is 6.75. The van der Waals surface area contributed by atoms with Gasteiger partial charge in [-0.1, -0.05) is 13.3 Å². The first-order valence-corrected chi connectivity index (χ1v) is 8.78. The summed E-state index contributed by atoms with van der Waals surface area (Å²) in [5.74, 6) is 0.237. The van der Waals surface area contributed by atoms with Gasteiger partial charge in [-0.2, -0.15) is 0 Å². The van der Waals surface area contributed by atoms with E-state index in [1.807, 2.05) is 6.07 Å². The molecule has 0 saturated carbocycles. The number of hydrogen-bond acceptors (Lipinski definition) is 3. The van der Waals surface area contributed by atoms with Gasteiger partial charge in [-0.05, 0) is 50.3 Å². The van der Waals surface area contributed by atoms with Crippen LogP contribution in [0.15, 0.2) is 21.3 Å². The Kier molecular flexibility index (Phi) is 4.71. The molecule has 1 aromatic carbocycles. The monoisotopic (exact) mass is 316 g/mol. The molecule has 2 N–H and O–H groups in total. The molecule has 1 heterocycles. The van der Waals surface area contributed by atoms with Crippen LogP contribution in [0.2, 0.25) is 0 Å². The van der Waals surface area contributed by atoms with Crippen LogP contribution in [0.25, 0.3) is 11.0 Å². The van der Waals surface area contributed by atoms with Crippen LogP contribution in [0, 0.1) is 0 Å².